The molecule has 1 aliphatic rings. The molecule has 0 bridgehead atoms. The van der Waals surface area contributed by atoms with E-state index in [4.69, 9.17) is 4.42 Å². The van der Waals surface area contributed by atoms with Crippen LogP contribution in [0.1, 0.15) is 23.2 Å². The van der Waals surface area contributed by atoms with Crippen molar-refractivity contribution >= 4 is 5.91 Å². The van der Waals surface area contributed by atoms with Crippen LogP contribution < -0.4 is 0 Å². The number of nitrogens with one attached hydrogen (secondary N) is 1. The third-order valence-corrected chi connectivity index (χ3v) is 5.26. The molecule has 0 aromatic carbocycles. The predicted molar refractivity (Wildman–Crippen MR) is 100 cm³/mol. The summed E-state index contributed by atoms with van der Waals surface area (Å²) in [5, 5.41) is 25.9. The molecule has 0 radical (unpaired) electrons. The third kappa shape index (κ3) is 4.40. The lowest BCUT2D eigenvalue weighted by Crippen LogP contribution is -2.36. The number of aromatic amines is 1. The van der Waals surface area contributed by atoms with Crippen molar-refractivity contribution in [1.82, 2.24) is 20.0 Å². The smallest absolute Gasteiger partial charge is 0.274 e. The summed E-state index contributed by atoms with van der Waals surface area (Å²) in [4.78, 5) is 16.8. The van der Waals surface area contributed by atoms with Crippen LogP contribution in [0.2, 0.25) is 0 Å². The Bertz CT molecular complexity index is 756. The van der Waals surface area contributed by atoms with E-state index in [1.807, 2.05) is 26.0 Å². The van der Waals surface area contributed by atoms with E-state index >= 15 is 0 Å². The minimum Gasteiger partial charge on any atom is -0.460 e. The summed E-state index contributed by atoms with van der Waals surface area (Å²) in [7, 11) is 0. The summed E-state index contributed by atoms with van der Waals surface area (Å²) in [6.45, 7) is 7.33. The molecule has 0 spiro atoms. The van der Waals surface area contributed by atoms with Gasteiger partial charge in [0.05, 0.1) is 6.61 Å². The predicted octanol–water partition coefficient (Wildman–Crippen LogP) is 0.973. The van der Waals surface area contributed by atoms with Gasteiger partial charge in [0, 0.05) is 44.8 Å². The number of aromatic nitrogens is 2. The van der Waals surface area contributed by atoms with Gasteiger partial charge in [0.1, 0.15) is 11.5 Å². The highest BCUT2D eigenvalue weighted by Crippen LogP contribution is 2.26. The van der Waals surface area contributed by atoms with Crippen molar-refractivity contribution in [2.45, 2.75) is 13.8 Å². The van der Waals surface area contributed by atoms with Crippen LogP contribution in [0.15, 0.2) is 22.6 Å². The standard InChI is InChI=1S/C19H28N4O4/c1-3-22(6-7-24)9-14-10-23(11-15(14)12-25)19(26)17-8-16(20-21-17)18-5-4-13(2)27-18/h4-5,8,14-15,24-25H,3,6-7,9-12H2,1-2H3,(H,20,21)/t14-,15-/m1/s1. The van der Waals surface area contributed by atoms with Crippen molar-refractivity contribution in [3.05, 3.63) is 29.7 Å². The lowest BCUT2D eigenvalue weighted by atomic mass is 9.96. The Hall–Kier alpha value is -2.16. The van der Waals surface area contributed by atoms with E-state index in [0.29, 0.717) is 36.8 Å². The molecule has 2 aromatic heterocycles. The molecule has 1 saturated heterocycles. The Labute approximate surface area is 158 Å². The minimum absolute atomic E-state index is 0.0350. The van der Waals surface area contributed by atoms with E-state index in [-0.39, 0.29) is 31.0 Å². The molecule has 2 aromatic rings. The first-order valence-electron chi connectivity index (χ1n) is 9.41. The molecule has 1 amide bonds. The minimum atomic E-state index is -0.146. The molecular weight excluding hydrogens is 348 g/mol. The second-order valence-electron chi connectivity index (χ2n) is 7.11. The van der Waals surface area contributed by atoms with Gasteiger partial charge in [-0.1, -0.05) is 6.92 Å². The van der Waals surface area contributed by atoms with E-state index in [1.54, 1.807) is 11.0 Å². The SMILES string of the molecule is CCN(CCO)C[C@@H]1CN(C(=O)c2cc(-c3ccc(C)o3)[nH]n2)C[C@@H]1CO. The van der Waals surface area contributed by atoms with Gasteiger partial charge in [-0.25, -0.2) is 0 Å². The molecule has 3 heterocycles. The van der Waals surface area contributed by atoms with Gasteiger partial charge in [-0.15, -0.1) is 0 Å². The molecule has 8 nitrogen and oxygen atoms in total. The van der Waals surface area contributed by atoms with Crippen molar-refractivity contribution in [2.24, 2.45) is 11.8 Å². The van der Waals surface area contributed by atoms with Crippen molar-refractivity contribution in [3.8, 4) is 11.5 Å². The van der Waals surface area contributed by atoms with E-state index in [0.717, 1.165) is 18.8 Å². The zero-order chi connectivity index (χ0) is 19.4. The normalized spacial score (nSPS) is 20.0. The van der Waals surface area contributed by atoms with Crippen LogP contribution >= 0.6 is 0 Å². The molecule has 3 N–H and O–H groups in total. The number of carbonyl (C=O) groups excluding carboxylic acids is 1. The topological polar surface area (TPSA) is 106 Å². The molecule has 148 valence electrons. The Balaban J connectivity index is 1.67. The van der Waals surface area contributed by atoms with Gasteiger partial charge in [0.25, 0.3) is 5.91 Å². The summed E-state index contributed by atoms with van der Waals surface area (Å²) < 4.78 is 5.56. The number of aliphatic hydroxyl groups is 2. The molecule has 0 unspecified atom stereocenters. The molecule has 27 heavy (non-hydrogen) atoms. The number of H-pyrrole nitrogens is 1. The monoisotopic (exact) mass is 376 g/mol. The highest BCUT2D eigenvalue weighted by Gasteiger charge is 2.36. The fourth-order valence-electron chi connectivity index (χ4n) is 3.67. The molecule has 0 saturated carbocycles. The molecule has 0 aliphatic carbocycles. The number of nitrogens with zero attached hydrogens (tertiary/aromatic N) is 3. The second kappa shape index (κ2) is 8.69. The number of likely N-dealkylation sites (tertiary alicyclic amines) is 1. The van der Waals surface area contributed by atoms with E-state index in [1.165, 1.54) is 0 Å². The summed E-state index contributed by atoms with van der Waals surface area (Å²) in [5.41, 5.74) is 1.01. The lowest BCUT2D eigenvalue weighted by Gasteiger charge is -2.25. The van der Waals surface area contributed by atoms with Gasteiger partial charge >= 0.3 is 0 Å². The van der Waals surface area contributed by atoms with Crippen LogP contribution in [0.3, 0.4) is 0 Å². The van der Waals surface area contributed by atoms with Crippen LogP contribution in [0.5, 0.6) is 0 Å². The molecule has 8 heteroatoms. The maximum Gasteiger partial charge on any atom is 0.274 e. The van der Waals surface area contributed by atoms with Crippen molar-refractivity contribution < 1.29 is 19.4 Å². The van der Waals surface area contributed by atoms with Crippen LogP contribution in [-0.2, 0) is 0 Å². The maximum absolute atomic E-state index is 12.9. The number of likely N-dealkylation sites (N-methyl/N-ethyl adjacent to an activating group) is 1. The van der Waals surface area contributed by atoms with Crippen LogP contribution in [0.25, 0.3) is 11.5 Å². The van der Waals surface area contributed by atoms with Gasteiger partial charge < -0.3 is 24.4 Å². The first kappa shape index (κ1) is 19.6. The van der Waals surface area contributed by atoms with E-state index in [2.05, 4.69) is 15.1 Å². The van der Waals surface area contributed by atoms with Crippen molar-refractivity contribution in [2.75, 3.05) is 45.9 Å². The highest BCUT2D eigenvalue weighted by atomic mass is 16.3. The number of carbonyl (C=O) groups is 1. The van der Waals surface area contributed by atoms with Gasteiger partial charge in [-0.3, -0.25) is 9.89 Å². The van der Waals surface area contributed by atoms with E-state index < -0.39 is 0 Å². The molecule has 3 rings (SSSR count). The molecule has 2 atom stereocenters. The molecular formula is C19H28N4O4. The van der Waals surface area contributed by atoms with Gasteiger partial charge in [-0.2, -0.15) is 5.10 Å². The Morgan fingerprint density at radius 3 is 2.78 bits per heavy atom. The van der Waals surface area contributed by atoms with Crippen molar-refractivity contribution in [3.63, 3.8) is 0 Å². The van der Waals surface area contributed by atoms with Crippen molar-refractivity contribution in [1.29, 1.82) is 0 Å². The Morgan fingerprint density at radius 2 is 2.15 bits per heavy atom. The lowest BCUT2D eigenvalue weighted by molar-refractivity contribution is 0.0772. The average Bonchev–Trinajstić information content (AvgIpc) is 3.39. The average molecular weight is 376 g/mol. The second-order valence-corrected chi connectivity index (χ2v) is 7.11. The fourth-order valence-corrected chi connectivity index (χ4v) is 3.67. The Kier molecular flexibility index (Phi) is 6.30. The number of rotatable bonds is 8. The van der Waals surface area contributed by atoms with Gasteiger partial charge in [-0.05, 0) is 31.5 Å². The number of aryl methyl sites for hydroxylation is 1. The Morgan fingerprint density at radius 1 is 1.37 bits per heavy atom. The van der Waals surface area contributed by atoms with Crippen LogP contribution in [-0.4, -0.2) is 82.1 Å². The summed E-state index contributed by atoms with van der Waals surface area (Å²) in [6.07, 6.45) is 0. The maximum atomic E-state index is 12.9. The highest BCUT2D eigenvalue weighted by molar-refractivity contribution is 5.93. The van der Waals surface area contributed by atoms with E-state index in [9.17, 15) is 15.0 Å². The number of hydrogen-bond acceptors (Lipinski definition) is 6. The summed E-state index contributed by atoms with van der Waals surface area (Å²) in [5.74, 6) is 1.51. The number of aliphatic hydroxyl groups excluding tert-OH is 2. The quantitative estimate of drug-likeness (QED) is 0.634. The first-order valence-corrected chi connectivity index (χ1v) is 9.41. The zero-order valence-corrected chi connectivity index (χ0v) is 15.9. The third-order valence-electron chi connectivity index (χ3n) is 5.26. The summed E-state index contributed by atoms with van der Waals surface area (Å²) in [6, 6.07) is 5.40. The molecule has 1 aliphatic heterocycles. The van der Waals surface area contributed by atoms with Gasteiger partial charge in [0.15, 0.2) is 11.5 Å². The number of furan rings is 1. The van der Waals surface area contributed by atoms with Gasteiger partial charge in [0.2, 0.25) is 0 Å². The largest absolute Gasteiger partial charge is 0.460 e. The number of amides is 1. The summed E-state index contributed by atoms with van der Waals surface area (Å²) >= 11 is 0. The van der Waals surface area contributed by atoms with Crippen LogP contribution in [0, 0.1) is 18.8 Å². The zero-order valence-electron chi connectivity index (χ0n) is 15.9. The first-order chi connectivity index (χ1) is 13.0. The number of hydrogen-bond donors (Lipinski definition) is 3. The fraction of sp³-hybridized carbons (Fsp3) is 0.579. The molecule has 1 fully saturated rings. The van der Waals surface area contributed by atoms with Crippen LogP contribution in [0.4, 0.5) is 0 Å².